The molecular weight excluding hydrogens is 401 g/mol. The first-order valence-corrected chi connectivity index (χ1v) is 9.27. The number of benzene rings is 2. The van der Waals surface area contributed by atoms with E-state index in [0.29, 0.717) is 28.4 Å². The van der Waals surface area contributed by atoms with Crippen LogP contribution in [-0.4, -0.2) is 23.9 Å². The maximum absolute atomic E-state index is 14.3. The van der Waals surface area contributed by atoms with E-state index in [1.54, 1.807) is 42.6 Å². The maximum Gasteiger partial charge on any atom is 0.248 e. The van der Waals surface area contributed by atoms with Gasteiger partial charge in [-0.05, 0) is 48.0 Å². The second-order valence-electron chi connectivity index (χ2n) is 6.40. The van der Waals surface area contributed by atoms with Gasteiger partial charge in [0.05, 0.1) is 19.0 Å². The van der Waals surface area contributed by atoms with E-state index >= 15 is 0 Å². The highest BCUT2D eigenvalue weighted by atomic mass is 19.1. The van der Waals surface area contributed by atoms with Crippen LogP contribution in [0.4, 0.5) is 15.8 Å². The fraction of sp³-hybridized carbons (Fsp3) is 0.0870. The molecule has 2 aromatic carbocycles. The van der Waals surface area contributed by atoms with Gasteiger partial charge in [-0.15, -0.1) is 0 Å². The van der Waals surface area contributed by atoms with Crippen LogP contribution in [0.15, 0.2) is 67.0 Å². The molecule has 1 heterocycles. The molecule has 1 aromatic heterocycles. The molecular formula is C23H20FN3O4. The summed E-state index contributed by atoms with van der Waals surface area (Å²) in [5.41, 5.74) is 1.46. The number of hydrogen-bond donors (Lipinski definition) is 2. The quantitative estimate of drug-likeness (QED) is 0.543. The number of aromatic nitrogens is 1. The molecule has 0 fully saturated rings. The van der Waals surface area contributed by atoms with Crippen LogP contribution in [-0.2, 0) is 9.59 Å². The molecule has 7 nitrogen and oxygen atoms in total. The van der Waals surface area contributed by atoms with Crippen molar-refractivity contribution < 1.29 is 23.5 Å². The first-order chi connectivity index (χ1) is 14.9. The Kier molecular flexibility index (Phi) is 6.95. The van der Waals surface area contributed by atoms with Crippen LogP contribution in [0.25, 0.3) is 6.08 Å². The zero-order chi connectivity index (χ0) is 22.2. The molecule has 0 saturated heterocycles. The van der Waals surface area contributed by atoms with Crippen molar-refractivity contribution >= 4 is 29.3 Å². The molecule has 0 aliphatic rings. The normalized spacial score (nSPS) is 10.5. The third kappa shape index (κ3) is 6.14. The first kappa shape index (κ1) is 21.5. The van der Waals surface area contributed by atoms with Crippen molar-refractivity contribution in [2.24, 2.45) is 0 Å². The van der Waals surface area contributed by atoms with E-state index in [9.17, 15) is 14.0 Å². The Morgan fingerprint density at radius 3 is 2.58 bits per heavy atom. The molecule has 3 aromatic rings. The lowest BCUT2D eigenvalue weighted by molar-refractivity contribution is -0.114. The molecule has 2 amide bonds. The minimum absolute atomic E-state index is 0.0564. The second-order valence-corrected chi connectivity index (χ2v) is 6.40. The third-order valence-electron chi connectivity index (χ3n) is 4.03. The lowest BCUT2D eigenvalue weighted by atomic mass is 10.2. The van der Waals surface area contributed by atoms with Crippen molar-refractivity contribution in [3.63, 3.8) is 0 Å². The van der Waals surface area contributed by atoms with Gasteiger partial charge in [0.15, 0.2) is 11.6 Å². The monoisotopic (exact) mass is 421 g/mol. The lowest BCUT2D eigenvalue weighted by Crippen LogP contribution is -2.10. The second kappa shape index (κ2) is 10.0. The summed E-state index contributed by atoms with van der Waals surface area (Å²) < 4.78 is 25.0. The summed E-state index contributed by atoms with van der Waals surface area (Å²) in [5.74, 6) is -0.328. The third-order valence-corrected chi connectivity index (χ3v) is 4.03. The van der Waals surface area contributed by atoms with E-state index in [-0.39, 0.29) is 11.7 Å². The predicted octanol–water partition coefficient (Wildman–Crippen LogP) is 4.63. The van der Waals surface area contributed by atoms with Crippen LogP contribution in [0.5, 0.6) is 17.2 Å². The number of nitrogens with one attached hydrogen (secondary N) is 2. The zero-order valence-corrected chi connectivity index (χ0v) is 16.9. The summed E-state index contributed by atoms with van der Waals surface area (Å²) in [4.78, 5) is 27.3. The Bertz CT molecular complexity index is 1120. The lowest BCUT2D eigenvalue weighted by Gasteiger charge is -2.11. The highest BCUT2D eigenvalue weighted by molar-refractivity contribution is 6.02. The topological polar surface area (TPSA) is 89.6 Å². The van der Waals surface area contributed by atoms with E-state index < -0.39 is 11.7 Å². The van der Waals surface area contributed by atoms with Crippen LogP contribution < -0.4 is 20.1 Å². The highest BCUT2D eigenvalue weighted by Crippen LogP contribution is 2.28. The van der Waals surface area contributed by atoms with E-state index in [2.05, 4.69) is 15.6 Å². The molecule has 0 aliphatic heterocycles. The molecule has 2 N–H and O–H groups in total. The van der Waals surface area contributed by atoms with E-state index in [0.717, 1.165) is 0 Å². The van der Waals surface area contributed by atoms with E-state index in [1.165, 1.54) is 44.5 Å². The summed E-state index contributed by atoms with van der Waals surface area (Å²) in [7, 11) is 1.46. The van der Waals surface area contributed by atoms with Crippen LogP contribution in [0.1, 0.15) is 12.5 Å². The minimum atomic E-state index is -0.565. The van der Waals surface area contributed by atoms with Gasteiger partial charge in [-0.2, -0.15) is 0 Å². The van der Waals surface area contributed by atoms with Gasteiger partial charge in [0, 0.05) is 31.0 Å². The van der Waals surface area contributed by atoms with E-state index in [4.69, 9.17) is 9.47 Å². The zero-order valence-electron chi connectivity index (χ0n) is 16.9. The Labute approximate surface area is 178 Å². The first-order valence-electron chi connectivity index (χ1n) is 9.27. The summed E-state index contributed by atoms with van der Waals surface area (Å²) in [6.07, 6.45) is 5.84. The number of rotatable bonds is 7. The van der Waals surface area contributed by atoms with Crippen LogP contribution >= 0.6 is 0 Å². The minimum Gasteiger partial charge on any atom is -0.494 e. The van der Waals surface area contributed by atoms with Gasteiger partial charge in [-0.3, -0.25) is 14.6 Å². The summed E-state index contributed by atoms with van der Waals surface area (Å²) >= 11 is 0. The van der Waals surface area contributed by atoms with Crippen molar-refractivity contribution in [1.29, 1.82) is 0 Å². The van der Waals surface area contributed by atoms with Crippen molar-refractivity contribution in [2.75, 3.05) is 17.7 Å². The van der Waals surface area contributed by atoms with Gasteiger partial charge >= 0.3 is 0 Å². The van der Waals surface area contributed by atoms with Crippen LogP contribution in [0.3, 0.4) is 0 Å². The van der Waals surface area contributed by atoms with Crippen LogP contribution in [0.2, 0.25) is 0 Å². The molecule has 31 heavy (non-hydrogen) atoms. The number of hydrogen-bond acceptors (Lipinski definition) is 5. The van der Waals surface area contributed by atoms with Gasteiger partial charge in [-0.1, -0.05) is 6.07 Å². The maximum atomic E-state index is 14.3. The number of pyridine rings is 1. The molecule has 0 radical (unpaired) electrons. The standard InChI is InChI=1S/C23H20FN3O4/c1-15(28)26-20-8-7-17(13-22(20)30-2)27-23(29)10-6-16-5-9-21(19(24)12-16)31-18-4-3-11-25-14-18/h3-14H,1-2H3,(H,26,28)(H,27,29)/b10-6+. The number of carbonyl (C=O) groups is 2. The number of anilines is 2. The SMILES string of the molecule is COc1cc(NC(=O)/C=C/c2ccc(Oc3cccnc3)c(F)c2)ccc1NC(C)=O. The number of amides is 2. The summed E-state index contributed by atoms with van der Waals surface area (Å²) in [5, 5.41) is 5.32. The summed E-state index contributed by atoms with van der Waals surface area (Å²) in [6.45, 7) is 1.39. The molecule has 0 spiro atoms. The molecule has 0 atom stereocenters. The fourth-order valence-corrected chi connectivity index (χ4v) is 2.66. The Morgan fingerprint density at radius 1 is 1.06 bits per heavy atom. The number of methoxy groups -OCH3 is 1. The molecule has 158 valence electrons. The number of halogens is 1. The van der Waals surface area contributed by atoms with Gasteiger partial charge < -0.3 is 20.1 Å². The molecule has 0 bridgehead atoms. The molecule has 0 saturated carbocycles. The fourth-order valence-electron chi connectivity index (χ4n) is 2.66. The smallest absolute Gasteiger partial charge is 0.248 e. The van der Waals surface area contributed by atoms with Crippen molar-refractivity contribution in [1.82, 2.24) is 4.98 Å². The average Bonchev–Trinajstić information content (AvgIpc) is 2.75. The predicted molar refractivity (Wildman–Crippen MR) is 116 cm³/mol. The highest BCUT2D eigenvalue weighted by Gasteiger charge is 2.08. The van der Waals surface area contributed by atoms with Crippen molar-refractivity contribution in [2.45, 2.75) is 6.92 Å². The molecule has 8 heteroatoms. The summed E-state index contributed by atoms with van der Waals surface area (Å²) in [6, 6.07) is 12.6. The van der Waals surface area contributed by atoms with E-state index in [1.807, 2.05) is 0 Å². The Morgan fingerprint density at radius 2 is 1.90 bits per heavy atom. The van der Waals surface area contributed by atoms with Gasteiger partial charge in [-0.25, -0.2) is 4.39 Å². The van der Waals surface area contributed by atoms with Gasteiger partial charge in [0.25, 0.3) is 0 Å². The largest absolute Gasteiger partial charge is 0.494 e. The molecule has 0 unspecified atom stereocenters. The van der Waals surface area contributed by atoms with Gasteiger partial charge in [0.1, 0.15) is 11.5 Å². The number of ether oxygens (including phenoxy) is 2. The average molecular weight is 421 g/mol. The van der Waals surface area contributed by atoms with Gasteiger partial charge in [0.2, 0.25) is 11.8 Å². The number of nitrogens with zero attached hydrogens (tertiary/aromatic N) is 1. The molecule has 3 rings (SSSR count). The van der Waals surface area contributed by atoms with Crippen molar-refractivity contribution in [3.05, 3.63) is 78.4 Å². The molecule has 0 aliphatic carbocycles. The Balaban J connectivity index is 1.64. The van der Waals surface area contributed by atoms with Crippen LogP contribution in [0, 0.1) is 5.82 Å². The van der Waals surface area contributed by atoms with Crippen molar-refractivity contribution in [3.8, 4) is 17.2 Å². The Hall–Kier alpha value is -4.20. The number of carbonyl (C=O) groups excluding carboxylic acids is 2.